The summed E-state index contributed by atoms with van der Waals surface area (Å²) in [5.41, 5.74) is 2.06. The van der Waals surface area contributed by atoms with Gasteiger partial charge in [0.05, 0.1) is 18.5 Å². The Bertz CT molecular complexity index is 840. The Balaban J connectivity index is 0.000000878. The summed E-state index contributed by atoms with van der Waals surface area (Å²) in [6.07, 6.45) is 8.66. The lowest BCUT2D eigenvalue weighted by Gasteiger charge is -2.11. The first-order valence-corrected chi connectivity index (χ1v) is 9.11. The molecule has 0 saturated carbocycles. The third-order valence-corrected chi connectivity index (χ3v) is 3.99. The molecule has 28 heavy (non-hydrogen) atoms. The molecule has 0 aliphatic heterocycles. The molecule has 0 radical (unpaired) electrons. The molecular weight excluding hydrogens is 358 g/mol. The van der Waals surface area contributed by atoms with Crippen LogP contribution in [0.25, 0.3) is 17.1 Å². The van der Waals surface area contributed by atoms with E-state index in [4.69, 9.17) is 14.6 Å². The van der Waals surface area contributed by atoms with Crippen LogP contribution < -0.4 is 4.74 Å². The number of rotatable bonds is 8. The summed E-state index contributed by atoms with van der Waals surface area (Å²) in [7, 11) is 4.14. The molecular formula is C20H27N5O3. The number of nitrogens with zero attached hydrogens (tertiary/aromatic N) is 5. The zero-order valence-electron chi connectivity index (χ0n) is 16.5. The van der Waals surface area contributed by atoms with Crippen molar-refractivity contribution in [3.63, 3.8) is 0 Å². The van der Waals surface area contributed by atoms with Gasteiger partial charge in [-0.3, -0.25) is 14.0 Å². The second kappa shape index (κ2) is 10.9. The van der Waals surface area contributed by atoms with E-state index in [1.54, 1.807) is 0 Å². The molecule has 1 aromatic carbocycles. The molecule has 0 aliphatic carbocycles. The lowest BCUT2D eigenvalue weighted by atomic mass is 10.2. The standard InChI is InChI=1S/C19H25N5O.CH2O2/c1-4-23-15-17(14-21-23)24-12-10-20-19(24)16-6-8-18(9-7-16)25-13-5-11-22(2)3;2-1-3/h6-10,12,14-15H,4-5,11,13H2,1-3H3;1H,(H,2,3). The molecule has 0 fully saturated rings. The van der Waals surface area contributed by atoms with Crippen LogP contribution in [0.5, 0.6) is 5.75 Å². The Hall–Kier alpha value is -3.13. The molecule has 0 aliphatic rings. The molecule has 2 aromatic heterocycles. The van der Waals surface area contributed by atoms with E-state index in [0.29, 0.717) is 0 Å². The van der Waals surface area contributed by atoms with Gasteiger partial charge in [-0.25, -0.2) is 4.98 Å². The minimum absolute atomic E-state index is 0.250. The van der Waals surface area contributed by atoms with Crippen molar-refractivity contribution in [2.45, 2.75) is 19.9 Å². The highest BCUT2D eigenvalue weighted by Gasteiger charge is 2.09. The van der Waals surface area contributed by atoms with Gasteiger partial charge < -0.3 is 14.7 Å². The highest BCUT2D eigenvalue weighted by atomic mass is 16.5. The van der Waals surface area contributed by atoms with Crippen LogP contribution in [-0.2, 0) is 11.3 Å². The van der Waals surface area contributed by atoms with Crippen molar-refractivity contribution in [3.8, 4) is 22.8 Å². The van der Waals surface area contributed by atoms with Crippen molar-refractivity contribution >= 4 is 6.47 Å². The highest BCUT2D eigenvalue weighted by Crippen LogP contribution is 2.23. The average Bonchev–Trinajstić information content (AvgIpc) is 3.35. The molecule has 8 nitrogen and oxygen atoms in total. The number of ether oxygens (including phenoxy) is 1. The quantitative estimate of drug-likeness (QED) is 0.474. The van der Waals surface area contributed by atoms with Crippen molar-refractivity contribution in [1.82, 2.24) is 24.2 Å². The van der Waals surface area contributed by atoms with Gasteiger partial charge in [0.1, 0.15) is 11.6 Å². The summed E-state index contributed by atoms with van der Waals surface area (Å²) < 4.78 is 9.75. The van der Waals surface area contributed by atoms with Crippen LogP contribution in [0.3, 0.4) is 0 Å². The van der Waals surface area contributed by atoms with Crippen LogP contribution in [-0.4, -0.2) is 63.1 Å². The normalized spacial score (nSPS) is 10.4. The van der Waals surface area contributed by atoms with Gasteiger partial charge in [0.25, 0.3) is 6.47 Å². The van der Waals surface area contributed by atoms with E-state index in [-0.39, 0.29) is 6.47 Å². The summed E-state index contributed by atoms with van der Waals surface area (Å²) in [4.78, 5) is 15.0. The maximum Gasteiger partial charge on any atom is 0.290 e. The molecule has 3 aromatic rings. The van der Waals surface area contributed by atoms with Crippen LogP contribution in [0, 0.1) is 0 Å². The monoisotopic (exact) mass is 385 g/mol. The number of aryl methyl sites for hydroxylation is 1. The smallest absolute Gasteiger partial charge is 0.290 e. The van der Waals surface area contributed by atoms with Crippen molar-refractivity contribution in [3.05, 3.63) is 49.1 Å². The highest BCUT2D eigenvalue weighted by molar-refractivity contribution is 5.59. The fourth-order valence-electron chi connectivity index (χ4n) is 2.65. The second-order valence-electron chi connectivity index (χ2n) is 6.31. The maximum atomic E-state index is 8.36. The van der Waals surface area contributed by atoms with Crippen molar-refractivity contribution in [1.29, 1.82) is 0 Å². The number of imidazole rings is 1. The van der Waals surface area contributed by atoms with Gasteiger partial charge in [-0.15, -0.1) is 0 Å². The van der Waals surface area contributed by atoms with Crippen LogP contribution in [0.15, 0.2) is 49.1 Å². The summed E-state index contributed by atoms with van der Waals surface area (Å²) in [5.74, 6) is 1.79. The Labute approximate surface area is 165 Å². The van der Waals surface area contributed by atoms with Gasteiger partial charge in [0.2, 0.25) is 0 Å². The minimum atomic E-state index is -0.250. The molecule has 150 valence electrons. The van der Waals surface area contributed by atoms with Gasteiger partial charge in [0, 0.05) is 37.2 Å². The van der Waals surface area contributed by atoms with Crippen molar-refractivity contribution in [2.24, 2.45) is 0 Å². The Morgan fingerprint density at radius 2 is 1.96 bits per heavy atom. The van der Waals surface area contributed by atoms with E-state index in [2.05, 4.69) is 36.0 Å². The Morgan fingerprint density at radius 3 is 2.57 bits per heavy atom. The molecule has 1 N–H and O–H groups in total. The first kappa shape index (κ1) is 21.2. The van der Waals surface area contributed by atoms with Gasteiger partial charge in [0.15, 0.2) is 0 Å². The lowest BCUT2D eigenvalue weighted by molar-refractivity contribution is -0.122. The Kier molecular flexibility index (Phi) is 8.23. The number of carboxylic acid groups (broad SMARTS) is 1. The molecule has 0 bridgehead atoms. The van der Waals surface area contributed by atoms with E-state index in [9.17, 15) is 0 Å². The fraction of sp³-hybridized carbons (Fsp3) is 0.350. The van der Waals surface area contributed by atoms with E-state index >= 15 is 0 Å². The average molecular weight is 385 g/mol. The summed E-state index contributed by atoms with van der Waals surface area (Å²) in [6.45, 7) is 4.43. The lowest BCUT2D eigenvalue weighted by Crippen LogP contribution is -2.15. The summed E-state index contributed by atoms with van der Waals surface area (Å²) in [5, 5.41) is 11.2. The van der Waals surface area contributed by atoms with E-state index < -0.39 is 0 Å². The van der Waals surface area contributed by atoms with Crippen molar-refractivity contribution in [2.75, 3.05) is 27.2 Å². The molecule has 0 saturated heterocycles. The first-order chi connectivity index (χ1) is 13.6. The largest absolute Gasteiger partial charge is 0.494 e. The number of carbonyl (C=O) groups is 1. The van der Waals surface area contributed by atoms with E-state index in [0.717, 1.165) is 48.9 Å². The number of hydrogen-bond acceptors (Lipinski definition) is 5. The first-order valence-electron chi connectivity index (χ1n) is 9.11. The summed E-state index contributed by atoms with van der Waals surface area (Å²) in [6, 6.07) is 8.09. The van der Waals surface area contributed by atoms with Crippen LogP contribution in [0.2, 0.25) is 0 Å². The van der Waals surface area contributed by atoms with Crippen LogP contribution in [0.4, 0.5) is 0 Å². The van der Waals surface area contributed by atoms with E-state index in [1.807, 2.05) is 58.3 Å². The fourth-order valence-corrected chi connectivity index (χ4v) is 2.65. The van der Waals surface area contributed by atoms with Gasteiger partial charge in [-0.2, -0.15) is 5.10 Å². The van der Waals surface area contributed by atoms with Crippen LogP contribution >= 0.6 is 0 Å². The number of hydrogen-bond donors (Lipinski definition) is 1. The van der Waals surface area contributed by atoms with Gasteiger partial charge in [-0.1, -0.05) is 0 Å². The number of aromatic nitrogens is 4. The molecule has 0 spiro atoms. The second-order valence-corrected chi connectivity index (χ2v) is 6.31. The van der Waals surface area contributed by atoms with Crippen molar-refractivity contribution < 1.29 is 14.6 Å². The SMILES string of the molecule is CCn1cc(-n2ccnc2-c2ccc(OCCCN(C)C)cc2)cn1.O=CO. The molecule has 0 atom stereocenters. The molecule has 0 unspecified atom stereocenters. The molecule has 8 heteroatoms. The van der Waals surface area contributed by atoms with Crippen LogP contribution in [0.1, 0.15) is 13.3 Å². The maximum absolute atomic E-state index is 8.36. The Morgan fingerprint density at radius 1 is 1.25 bits per heavy atom. The summed E-state index contributed by atoms with van der Waals surface area (Å²) >= 11 is 0. The zero-order chi connectivity index (χ0) is 20.4. The van der Waals surface area contributed by atoms with E-state index in [1.165, 1.54) is 0 Å². The van der Waals surface area contributed by atoms with Gasteiger partial charge >= 0.3 is 0 Å². The number of benzene rings is 1. The van der Waals surface area contributed by atoms with Gasteiger partial charge in [-0.05, 0) is 51.7 Å². The molecule has 0 amide bonds. The molecule has 2 heterocycles. The molecule has 3 rings (SSSR count). The predicted molar refractivity (Wildman–Crippen MR) is 108 cm³/mol. The third-order valence-electron chi connectivity index (χ3n) is 3.99. The zero-order valence-corrected chi connectivity index (χ0v) is 16.5. The third kappa shape index (κ3) is 5.95. The minimum Gasteiger partial charge on any atom is -0.494 e. The topological polar surface area (TPSA) is 85.4 Å². The predicted octanol–water partition coefficient (Wildman–Crippen LogP) is 2.79.